The van der Waals surface area contributed by atoms with Crippen LogP contribution in [0, 0.1) is 16.6 Å². The number of hydrogen-bond donors (Lipinski definition) is 0. The summed E-state index contributed by atoms with van der Waals surface area (Å²) >= 11 is 2.72. The van der Waals surface area contributed by atoms with Crippen LogP contribution in [0.1, 0.15) is 58.2 Å². The zero-order chi connectivity index (χ0) is 32.4. The van der Waals surface area contributed by atoms with Crippen molar-refractivity contribution < 1.29 is 18.7 Å². The van der Waals surface area contributed by atoms with Crippen LogP contribution in [0.3, 0.4) is 0 Å². The Morgan fingerprint density at radius 2 is 1.36 bits per heavy atom. The number of Topliss-reactive ketones (excluding diaryl/α,β-unsaturated/α-hetero) is 2. The molecule has 0 saturated carbocycles. The van der Waals surface area contributed by atoms with Crippen molar-refractivity contribution in [3.63, 3.8) is 0 Å². The molecule has 4 aromatic rings. The first-order valence-corrected chi connectivity index (χ1v) is 16.8. The van der Waals surface area contributed by atoms with E-state index in [1.54, 1.807) is 12.4 Å². The number of fused-ring (bicyclic) bond motifs is 6. The predicted molar refractivity (Wildman–Crippen MR) is 177 cm³/mol. The zero-order valence-electron chi connectivity index (χ0n) is 26.4. The van der Waals surface area contributed by atoms with Crippen molar-refractivity contribution in [2.75, 3.05) is 11.5 Å². The van der Waals surface area contributed by atoms with Crippen molar-refractivity contribution in [2.45, 2.75) is 71.3 Å². The van der Waals surface area contributed by atoms with Crippen molar-refractivity contribution in [3.8, 4) is 28.3 Å². The second-order valence-electron chi connectivity index (χ2n) is 13.1. The van der Waals surface area contributed by atoms with Crippen LogP contribution < -0.4 is 4.74 Å². The third kappa shape index (κ3) is 7.97. The van der Waals surface area contributed by atoms with Gasteiger partial charge in [0.2, 0.25) is 0 Å². The van der Waals surface area contributed by atoms with Crippen LogP contribution in [-0.4, -0.2) is 43.0 Å². The van der Waals surface area contributed by atoms with Gasteiger partial charge in [0.05, 0.1) is 23.4 Å². The lowest BCUT2D eigenvalue weighted by Crippen LogP contribution is -2.22. The lowest BCUT2D eigenvalue weighted by molar-refractivity contribution is -0.124. The van der Waals surface area contributed by atoms with Crippen molar-refractivity contribution in [2.24, 2.45) is 10.8 Å². The number of thioether (sulfide) groups is 2. The Morgan fingerprint density at radius 3 is 2.02 bits per heavy atom. The molecule has 3 heterocycles. The average Bonchev–Trinajstić information content (AvgIpc) is 3.01. The molecule has 0 bridgehead atoms. The molecule has 45 heavy (non-hydrogen) atoms. The molecule has 0 fully saturated rings. The highest BCUT2D eigenvalue weighted by Crippen LogP contribution is 2.37. The molecule has 2 aromatic carbocycles. The van der Waals surface area contributed by atoms with Gasteiger partial charge in [0, 0.05) is 28.2 Å². The van der Waals surface area contributed by atoms with Gasteiger partial charge in [-0.05, 0) is 41.7 Å². The van der Waals surface area contributed by atoms with Gasteiger partial charge in [-0.15, -0.1) is 0 Å². The molecule has 0 spiro atoms. The minimum Gasteiger partial charge on any atom is -0.485 e. The average molecular weight is 645 g/mol. The molecular weight excluding hydrogens is 608 g/mol. The smallest absolute Gasteiger partial charge is 0.188 e. The maximum absolute atomic E-state index is 13.6. The van der Waals surface area contributed by atoms with Crippen LogP contribution >= 0.6 is 23.5 Å². The van der Waals surface area contributed by atoms with Crippen LogP contribution in [0.25, 0.3) is 22.5 Å². The summed E-state index contributed by atoms with van der Waals surface area (Å²) in [6.45, 7) is 12.0. The number of ketones is 2. The molecule has 2 aromatic heterocycles. The lowest BCUT2D eigenvalue weighted by Gasteiger charge is -2.20. The molecule has 234 valence electrons. The van der Waals surface area contributed by atoms with Gasteiger partial charge in [0.25, 0.3) is 0 Å². The number of benzene rings is 2. The first kappa shape index (κ1) is 32.8. The van der Waals surface area contributed by atoms with Crippen molar-refractivity contribution >= 4 is 35.1 Å². The summed E-state index contributed by atoms with van der Waals surface area (Å²) in [4.78, 5) is 41.9. The molecule has 1 aliphatic carbocycles. The van der Waals surface area contributed by atoms with E-state index in [0.717, 1.165) is 52.0 Å². The van der Waals surface area contributed by atoms with E-state index in [0.29, 0.717) is 34.2 Å². The van der Waals surface area contributed by atoms with Crippen LogP contribution in [0.4, 0.5) is 4.39 Å². The van der Waals surface area contributed by atoms with Gasteiger partial charge < -0.3 is 4.74 Å². The van der Waals surface area contributed by atoms with Gasteiger partial charge in [-0.2, -0.15) is 0 Å². The molecule has 0 unspecified atom stereocenters. The Hall–Kier alpha value is -3.63. The Bertz CT molecular complexity index is 1750. The quantitative estimate of drug-likeness (QED) is 0.154. The summed E-state index contributed by atoms with van der Waals surface area (Å²) < 4.78 is 19.3. The number of carbonyl (C=O) groups is 2. The number of hydrogen-bond acceptors (Lipinski definition) is 9. The molecule has 1 aliphatic heterocycles. The number of rotatable bonds is 6. The first-order chi connectivity index (χ1) is 21.3. The number of ether oxygens (including phenoxy) is 1. The van der Waals surface area contributed by atoms with Gasteiger partial charge >= 0.3 is 0 Å². The Balaban J connectivity index is 0.000000178. The minimum atomic E-state index is -0.364. The van der Waals surface area contributed by atoms with Gasteiger partial charge in [-0.25, -0.2) is 24.3 Å². The van der Waals surface area contributed by atoms with Crippen LogP contribution in [-0.2, 0) is 29.0 Å². The lowest BCUT2D eigenvalue weighted by atomic mass is 9.90. The van der Waals surface area contributed by atoms with E-state index < -0.39 is 0 Å². The molecule has 0 N–H and O–H groups in total. The Kier molecular flexibility index (Phi) is 9.74. The summed E-state index contributed by atoms with van der Waals surface area (Å²) in [6, 6.07) is 12.9. The second-order valence-corrected chi connectivity index (χ2v) is 14.9. The fourth-order valence-corrected chi connectivity index (χ4v) is 6.53. The normalized spacial score (nSPS) is 13.2. The number of aromatic nitrogens is 4. The highest BCUT2D eigenvalue weighted by atomic mass is 32.2. The van der Waals surface area contributed by atoms with E-state index in [4.69, 9.17) is 4.74 Å². The molecule has 0 amide bonds. The highest BCUT2D eigenvalue weighted by molar-refractivity contribution is 8.00. The van der Waals surface area contributed by atoms with Crippen LogP contribution in [0.15, 0.2) is 65.2 Å². The van der Waals surface area contributed by atoms with E-state index in [1.165, 1.54) is 35.7 Å². The molecule has 0 radical (unpaired) electrons. The number of aryl methyl sites for hydroxylation is 2. The molecule has 0 saturated heterocycles. The van der Waals surface area contributed by atoms with Gasteiger partial charge in [0.1, 0.15) is 29.7 Å². The predicted octanol–water partition coefficient (Wildman–Crippen LogP) is 7.83. The summed E-state index contributed by atoms with van der Waals surface area (Å²) in [5, 5.41) is 1.18. The topological polar surface area (TPSA) is 94.9 Å². The standard InChI is InChI=1S/C18H19FN2OS.C17H18N2O2S/c1-18(2,3)15(22)10-23-17-20-9-12-5-4-11-6-7-13(19)8-14(11)16(12)21-17;1-17(2,3)14(20)10-22-16-18-8-13-15(19-16)12-7-5-4-6-11(12)9-21-13/h6-9H,4-5,10H2,1-3H3;4-8H,9-10H2,1-3H3. The molecule has 2 aliphatic rings. The SMILES string of the molecule is CC(C)(C)C(=O)CSc1ncc2c(n1)-c1cc(F)ccc1CC2.CC(C)(C)C(=O)CSc1ncc2c(n1)-c1ccccc1CO2. The molecule has 0 atom stereocenters. The maximum Gasteiger partial charge on any atom is 0.188 e. The minimum absolute atomic E-state index is 0.162. The van der Waals surface area contributed by atoms with Gasteiger partial charge in [-0.3, -0.25) is 9.59 Å². The van der Waals surface area contributed by atoms with E-state index in [2.05, 4.69) is 19.9 Å². The molecular formula is C35H37FN4O3S2. The largest absolute Gasteiger partial charge is 0.485 e. The third-order valence-electron chi connectivity index (χ3n) is 7.56. The first-order valence-electron chi connectivity index (χ1n) is 14.8. The van der Waals surface area contributed by atoms with E-state index in [-0.39, 0.29) is 28.2 Å². The van der Waals surface area contributed by atoms with Crippen LogP contribution in [0.2, 0.25) is 0 Å². The van der Waals surface area contributed by atoms with E-state index in [9.17, 15) is 14.0 Å². The molecule has 7 nitrogen and oxygen atoms in total. The fourth-order valence-electron chi connectivity index (χ4n) is 4.58. The summed E-state index contributed by atoms with van der Waals surface area (Å²) in [7, 11) is 0. The monoisotopic (exact) mass is 644 g/mol. The fraction of sp³-hybridized carbons (Fsp3) is 0.371. The molecule has 10 heteroatoms. The van der Waals surface area contributed by atoms with E-state index in [1.807, 2.05) is 71.9 Å². The van der Waals surface area contributed by atoms with Crippen molar-refractivity contribution in [3.05, 3.63) is 77.4 Å². The van der Waals surface area contributed by atoms with Crippen molar-refractivity contribution in [1.29, 1.82) is 0 Å². The maximum atomic E-state index is 13.6. The Labute approximate surface area is 272 Å². The van der Waals surface area contributed by atoms with E-state index >= 15 is 0 Å². The second kappa shape index (κ2) is 13.4. The van der Waals surface area contributed by atoms with Gasteiger partial charge in [-0.1, -0.05) is 95.4 Å². The van der Waals surface area contributed by atoms with Gasteiger partial charge in [0.15, 0.2) is 16.1 Å². The number of carbonyl (C=O) groups excluding carboxylic acids is 2. The summed E-state index contributed by atoms with van der Waals surface area (Å²) in [5.74, 6) is 1.52. The van der Waals surface area contributed by atoms with Crippen LogP contribution in [0.5, 0.6) is 5.75 Å². The summed E-state index contributed by atoms with van der Waals surface area (Å²) in [6.07, 6.45) is 5.24. The van der Waals surface area contributed by atoms with Crippen molar-refractivity contribution in [1.82, 2.24) is 19.9 Å². The number of halogens is 1. The molecule has 6 rings (SSSR count). The number of nitrogens with zero attached hydrogens (tertiary/aromatic N) is 4. The summed E-state index contributed by atoms with van der Waals surface area (Å²) in [5.41, 5.74) is 6.10. The zero-order valence-corrected chi connectivity index (χ0v) is 28.1. The third-order valence-corrected chi connectivity index (χ3v) is 9.28. The highest BCUT2D eigenvalue weighted by Gasteiger charge is 2.24. The Morgan fingerprint density at radius 1 is 0.756 bits per heavy atom.